The molecule has 4 nitrogen and oxygen atoms in total. The number of aliphatic hydroxyl groups excluding tert-OH is 1. The summed E-state index contributed by atoms with van der Waals surface area (Å²) >= 11 is 1.43. The molecule has 1 aromatic heterocycles. The minimum Gasteiger partial charge on any atom is -0.431 e. The van der Waals surface area contributed by atoms with Crippen molar-refractivity contribution in [1.29, 1.82) is 0 Å². The third-order valence-corrected chi connectivity index (χ3v) is 3.66. The van der Waals surface area contributed by atoms with Crippen molar-refractivity contribution in [2.45, 2.75) is 16.6 Å². The molecule has 0 bridgehead atoms. The Labute approximate surface area is 96.6 Å². The SMILES string of the molecule is O[C@@H]1COC[C@H]1Sc1nc2ccccc2o1. The van der Waals surface area contributed by atoms with Gasteiger partial charge in [-0.1, -0.05) is 23.9 Å². The predicted octanol–water partition coefficient (Wildman–Crippen LogP) is 1.68. The molecule has 0 amide bonds. The number of nitrogens with zero attached hydrogens (tertiary/aromatic N) is 1. The number of para-hydroxylation sites is 2. The average molecular weight is 237 g/mol. The number of oxazole rings is 1. The lowest BCUT2D eigenvalue weighted by Crippen LogP contribution is -2.19. The van der Waals surface area contributed by atoms with Crippen molar-refractivity contribution in [3.8, 4) is 0 Å². The van der Waals surface area contributed by atoms with Crippen molar-refractivity contribution >= 4 is 22.9 Å². The summed E-state index contributed by atoms with van der Waals surface area (Å²) in [7, 11) is 0. The highest BCUT2D eigenvalue weighted by Crippen LogP contribution is 2.30. The molecule has 16 heavy (non-hydrogen) atoms. The zero-order valence-corrected chi connectivity index (χ0v) is 9.31. The third kappa shape index (κ3) is 1.81. The van der Waals surface area contributed by atoms with Gasteiger partial charge in [0.1, 0.15) is 5.52 Å². The molecule has 2 aromatic rings. The minimum absolute atomic E-state index is 0.0214. The van der Waals surface area contributed by atoms with E-state index < -0.39 is 6.10 Å². The number of benzene rings is 1. The van der Waals surface area contributed by atoms with Crippen LogP contribution in [0.4, 0.5) is 0 Å². The number of aromatic nitrogens is 1. The minimum atomic E-state index is -0.431. The molecule has 0 aliphatic carbocycles. The van der Waals surface area contributed by atoms with Crippen molar-refractivity contribution in [3.05, 3.63) is 24.3 Å². The van der Waals surface area contributed by atoms with Crippen LogP contribution in [0.3, 0.4) is 0 Å². The molecule has 5 heteroatoms. The van der Waals surface area contributed by atoms with Crippen molar-refractivity contribution in [3.63, 3.8) is 0 Å². The lowest BCUT2D eigenvalue weighted by atomic mass is 10.3. The Kier molecular flexibility index (Phi) is 2.59. The number of fused-ring (bicyclic) bond motifs is 1. The zero-order chi connectivity index (χ0) is 11.0. The Balaban J connectivity index is 1.83. The summed E-state index contributed by atoms with van der Waals surface area (Å²) in [4.78, 5) is 4.34. The molecule has 0 saturated carbocycles. The summed E-state index contributed by atoms with van der Waals surface area (Å²) in [5.41, 5.74) is 1.62. The molecule has 1 N–H and O–H groups in total. The molecule has 2 atom stereocenters. The maximum absolute atomic E-state index is 9.61. The first-order valence-corrected chi connectivity index (χ1v) is 5.99. The van der Waals surface area contributed by atoms with Gasteiger partial charge in [-0.25, -0.2) is 4.98 Å². The van der Waals surface area contributed by atoms with Crippen LogP contribution in [0, 0.1) is 0 Å². The summed E-state index contributed by atoms with van der Waals surface area (Å²) in [5, 5.41) is 10.2. The molecule has 3 rings (SSSR count). The fourth-order valence-corrected chi connectivity index (χ4v) is 2.61. The van der Waals surface area contributed by atoms with Crippen molar-refractivity contribution in [2.75, 3.05) is 13.2 Å². The highest BCUT2D eigenvalue weighted by molar-refractivity contribution is 7.99. The second-order valence-electron chi connectivity index (χ2n) is 3.71. The van der Waals surface area contributed by atoms with Crippen LogP contribution in [-0.2, 0) is 4.74 Å². The summed E-state index contributed by atoms with van der Waals surface area (Å²) in [6.07, 6.45) is -0.431. The van der Waals surface area contributed by atoms with E-state index in [1.54, 1.807) is 0 Å². The normalized spacial score (nSPS) is 25.3. The number of aliphatic hydroxyl groups is 1. The maximum atomic E-state index is 9.61. The van der Waals surface area contributed by atoms with Gasteiger partial charge in [-0.15, -0.1) is 0 Å². The van der Waals surface area contributed by atoms with E-state index in [0.717, 1.165) is 11.1 Å². The Morgan fingerprint density at radius 1 is 1.31 bits per heavy atom. The molecule has 1 aromatic carbocycles. The molecule has 1 fully saturated rings. The molecule has 1 saturated heterocycles. The third-order valence-electron chi connectivity index (χ3n) is 2.53. The second-order valence-corrected chi connectivity index (χ2v) is 4.90. The lowest BCUT2D eigenvalue weighted by Gasteiger charge is -2.07. The molecule has 2 heterocycles. The second kappa shape index (κ2) is 4.08. The van der Waals surface area contributed by atoms with Crippen LogP contribution < -0.4 is 0 Å². The fraction of sp³-hybridized carbons (Fsp3) is 0.364. The van der Waals surface area contributed by atoms with Crippen molar-refractivity contribution in [1.82, 2.24) is 4.98 Å². The van der Waals surface area contributed by atoms with Gasteiger partial charge in [0.25, 0.3) is 5.22 Å². The van der Waals surface area contributed by atoms with Gasteiger partial charge in [-0.3, -0.25) is 0 Å². The fourth-order valence-electron chi connectivity index (χ4n) is 1.67. The molecule has 0 radical (unpaired) electrons. The molecular weight excluding hydrogens is 226 g/mol. The van der Waals surface area contributed by atoms with Crippen LogP contribution in [0.1, 0.15) is 0 Å². The number of hydrogen-bond donors (Lipinski definition) is 1. The summed E-state index contributed by atoms with van der Waals surface area (Å²) in [6.45, 7) is 0.947. The average Bonchev–Trinajstić information content (AvgIpc) is 2.85. The summed E-state index contributed by atoms with van der Waals surface area (Å²) < 4.78 is 10.7. The first kappa shape index (κ1) is 10.1. The lowest BCUT2D eigenvalue weighted by molar-refractivity contribution is 0.127. The van der Waals surface area contributed by atoms with Crippen molar-refractivity contribution < 1.29 is 14.3 Å². The van der Waals surface area contributed by atoms with E-state index in [2.05, 4.69) is 4.98 Å². The quantitative estimate of drug-likeness (QED) is 0.861. The van der Waals surface area contributed by atoms with E-state index in [4.69, 9.17) is 9.15 Å². The molecule has 0 unspecified atom stereocenters. The Morgan fingerprint density at radius 2 is 2.19 bits per heavy atom. The number of hydrogen-bond acceptors (Lipinski definition) is 5. The molecule has 84 valence electrons. The molecule has 1 aliphatic rings. The van der Waals surface area contributed by atoms with Crippen LogP contribution in [0.2, 0.25) is 0 Å². The predicted molar refractivity (Wildman–Crippen MR) is 60.5 cm³/mol. The van der Waals surface area contributed by atoms with Crippen LogP contribution >= 0.6 is 11.8 Å². The first-order chi connectivity index (χ1) is 7.83. The van der Waals surface area contributed by atoms with Gasteiger partial charge in [-0.05, 0) is 12.1 Å². The van der Waals surface area contributed by atoms with Crippen LogP contribution in [-0.4, -0.2) is 34.7 Å². The molecular formula is C11H11NO3S. The van der Waals surface area contributed by atoms with E-state index in [9.17, 15) is 5.11 Å². The Bertz CT molecular complexity index is 466. The van der Waals surface area contributed by atoms with Crippen LogP contribution in [0.25, 0.3) is 11.1 Å². The van der Waals surface area contributed by atoms with Crippen molar-refractivity contribution in [2.24, 2.45) is 0 Å². The zero-order valence-electron chi connectivity index (χ0n) is 8.50. The highest BCUT2D eigenvalue weighted by Gasteiger charge is 2.28. The standard InChI is InChI=1S/C11H11NO3S/c13-8-5-14-6-10(8)16-11-12-7-3-1-2-4-9(7)15-11/h1-4,8,10,13H,5-6H2/t8-,10-/m1/s1. The summed E-state index contributed by atoms with van der Waals surface area (Å²) in [6, 6.07) is 7.63. The smallest absolute Gasteiger partial charge is 0.257 e. The Morgan fingerprint density at radius 3 is 2.94 bits per heavy atom. The molecule has 0 spiro atoms. The van der Waals surface area contributed by atoms with Gasteiger partial charge in [0.2, 0.25) is 0 Å². The van der Waals surface area contributed by atoms with Gasteiger partial charge in [-0.2, -0.15) is 0 Å². The number of ether oxygens (including phenoxy) is 1. The van der Waals surface area contributed by atoms with Crippen LogP contribution in [0.5, 0.6) is 0 Å². The summed E-state index contributed by atoms with van der Waals surface area (Å²) in [5.74, 6) is 0. The number of thioether (sulfide) groups is 1. The van der Waals surface area contributed by atoms with Gasteiger partial charge in [0.15, 0.2) is 5.58 Å². The van der Waals surface area contributed by atoms with Gasteiger partial charge >= 0.3 is 0 Å². The van der Waals surface area contributed by atoms with Gasteiger partial charge in [0, 0.05) is 0 Å². The molecule has 1 aliphatic heterocycles. The van der Waals surface area contributed by atoms with E-state index in [-0.39, 0.29) is 5.25 Å². The number of rotatable bonds is 2. The topological polar surface area (TPSA) is 55.5 Å². The van der Waals surface area contributed by atoms with Crippen LogP contribution in [0.15, 0.2) is 33.9 Å². The Hall–Kier alpha value is -1.04. The monoisotopic (exact) mass is 237 g/mol. The first-order valence-electron chi connectivity index (χ1n) is 5.11. The van der Waals surface area contributed by atoms with E-state index in [0.29, 0.717) is 18.4 Å². The largest absolute Gasteiger partial charge is 0.431 e. The van der Waals surface area contributed by atoms with E-state index in [1.165, 1.54) is 11.8 Å². The van der Waals surface area contributed by atoms with Gasteiger partial charge in [0.05, 0.1) is 24.6 Å². The highest BCUT2D eigenvalue weighted by atomic mass is 32.2. The van der Waals surface area contributed by atoms with E-state index >= 15 is 0 Å². The van der Waals surface area contributed by atoms with Gasteiger partial charge < -0.3 is 14.3 Å². The maximum Gasteiger partial charge on any atom is 0.257 e. The van der Waals surface area contributed by atoms with E-state index in [1.807, 2.05) is 24.3 Å².